The molecule has 0 radical (unpaired) electrons. The molecule has 2 aromatic rings. The van der Waals surface area contributed by atoms with Gasteiger partial charge < -0.3 is 14.4 Å². The molecule has 0 N–H and O–H groups in total. The third kappa shape index (κ3) is 4.85. The molecule has 0 fully saturated rings. The van der Waals surface area contributed by atoms with Crippen molar-refractivity contribution < 1.29 is 24.0 Å². The molecule has 0 saturated carbocycles. The van der Waals surface area contributed by atoms with Crippen LogP contribution in [0.15, 0.2) is 77.1 Å². The van der Waals surface area contributed by atoms with Crippen LogP contribution in [0, 0.1) is 10.1 Å². The lowest BCUT2D eigenvalue weighted by Crippen LogP contribution is -2.36. The monoisotopic (exact) mass is 464 g/mol. The highest BCUT2D eigenvalue weighted by Crippen LogP contribution is 2.45. The fraction of sp³-hybridized carbons (Fsp3) is 0.308. The van der Waals surface area contributed by atoms with Gasteiger partial charge in [0.1, 0.15) is 0 Å². The van der Waals surface area contributed by atoms with Gasteiger partial charge in [-0.15, -0.1) is 0 Å². The number of carbonyl (C=O) groups is 2. The van der Waals surface area contributed by atoms with Gasteiger partial charge in [0.05, 0.1) is 36.2 Å². The van der Waals surface area contributed by atoms with Crippen LogP contribution in [0.2, 0.25) is 0 Å². The molecule has 0 amide bonds. The van der Waals surface area contributed by atoms with Gasteiger partial charge in [-0.05, 0) is 32.3 Å². The number of para-hydroxylation sites is 1. The Morgan fingerprint density at radius 1 is 0.912 bits per heavy atom. The Hall–Kier alpha value is -3.94. The number of benzene rings is 2. The predicted molar refractivity (Wildman–Crippen MR) is 127 cm³/mol. The second-order valence-electron chi connectivity index (χ2n) is 7.97. The quantitative estimate of drug-likeness (QED) is 0.322. The van der Waals surface area contributed by atoms with Crippen LogP contribution in [0.3, 0.4) is 0 Å². The number of methoxy groups -OCH3 is 2. The fourth-order valence-corrected chi connectivity index (χ4v) is 4.49. The minimum Gasteiger partial charge on any atom is -0.466 e. The summed E-state index contributed by atoms with van der Waals surface area (Å²) in [5.74, 6) is -2.29. The summed E-state index contributed by atoms with van der Waals surface area (Å²) in [5, 5.41) is 11.8. The summed E-state index contributed by atoms with van der Waals surface area (Å²) in [5.41, 5.74) is 2.78. The minimum absolute atomic E-state index is 0.183. The second-order valence-corrected chi connectivity index (χ2v) is 7.97. The average molecular weight is 465 g/mol. The molecule has 1 heterocycles. The predicted octanol–water partition coefficient (Wildman–Crippen LogP) is 4.52. The molecule has 0 saturated heterocycles. The highest BCUT2D eigenvalue weighted by atomic mass is 16.6. The van der Waals surface area contributed by atoms with E-state index in [1.165, 1.54) is 25.8 Å². The Balaban J connectivity index is 2.13. The molecule has 2 aromatic carbocycles. The van der Waals surface area contributed by atoms with Crippen LogP contribution in [0.25, 0.3) is 0 Å². The number of aryl methyl sites for hydroxylation is 1. The Bertz CT molecular complexity index is 1110. The van der Waals surface area contributed by atoms with Gasteiger partial charge in [0.25, 0.3) is 5.69 Å². The molecule has 0 spiro atoms. The third-order valence-electron chi connectivity index (χ3n) is 6.11. The first kappa shape index (κ1) is 24.7. The van der Waals surface area contributed by atoms with Crippen LogP contribution in [-0.2, 0) is 25.5 Å². The number of nitro groups is 1. The van der Waals surface area contributed by atoms with Gasteiger partial charge in [-0.1, -0.05) is 48.5 Å². The maximum Gasteiger partial charge on any atom is 0.336 e. The maximum absolute atomic E-state index is 13.0. The zero-order chi connectivity index (χ0) is 24.8. The normalized spacial score (nSPS) is 14.3. The van der Waals surface area contributed by atoms with Crippen LogP contribution in [0.4, 0.5) is 5.69 Å². The SMILES string of the molecule is COC(=O)C1=C(C)N(CCCc2ccccc2)C(C)=C(C(=O)OC)C1c1ccccc1[N+](=O)[O-]. The smallest absolute Gasteiger partial charge is 0.336 e. The lowest BCUT2D eigenvalue weighted by Gasteiger charge is -2.37. The number of esters is 2. The van der Waals surface area contributed by atoms with Gasteiger partial charge in [-0.25, -0.2) is 9.59 Å². The number of hydrogen-bond donors (Lipinski definition) is 0. The van der Waals surface area contributed by atoms with E-state index in [1.807, 2.05) is 35.2 Å². The molecule has 0 unspecified atom stereocenters. The Kier molecular flexibility index (Phi) is 7.83. The van der Waals surface area contributed by atoms with E-state index in [-0.39, 0.29) is 22.4 Å². The van der Waals surface area contributed by atoms with Crippen molar-refractivity contribution >= 4 is 17.6 Å². The molecule has 0 atom stereocenters. The summed E-state index contributed by atoms with van der Waals surface area (Å²) in [6, 6.07) is 16.1. The van der Waals surface area contributed by atoms with Crippen molar-refractivity contribution in [1.29, 1.82) is 0 Å². The van der Waals surface area contributed by atoms with E-state index in [0.717, 1.165) is 12.8 Å². The lowest BCUT2D eigenvalue weighted by molar-refractivity contribution is -0.385. The molecular weight excluding hydrogens is 436 g/mol. The van der Waals surface area contributed by atoms with Crippen molar-refractivity contribution in [3.8, 4) is 0 Å². The molecule has 178 valence electrons. The molecule has 8 nitrogen and oxygen atoms in total. The number of nitro benzene ring substituents is 1. The van der Waals surface area contributed by atoms with E-state index in [1.54, 1.807) is 32.0 Å². The average Bonchev–Trinajstić information content (AvgIpc) is 2.85. The molecule has 34 heavy (non-hydrogen) atoms. The lowest BCUT2D eigenvalue weighted by atomic mass is 9.79. The number of ether oxygens (including phenoxy) is 2. The Morgan fingerprint density at radius 3 is 1.97 bits per heavy atom. The molecule has 0 aliphatic carbocycles. The largest absolute Gasteiger partial charge is 0.466 e. The van der Waals surface area contributed by atoms with E-state index >= 15 is 0 Å². The summed E-state index contributed by atoms with van der Waals surface area (Å²) in [6.45, 7) is 4.08. The summed E-state index contributed by atoms with van der Waals surface area (Å²) in [6.07, 6.45) is 1.57. The molecule has 3 rings (SSSR count). The highest BCUT2D eigenvalue weighted by Gasteiger charge is 2.42. The van der Waals surface area contributed by atoms with Crippen LogP contribution in [0.1, 0.15) is 37.3 Å². The topological polar surface area (TPSA) is 99.0 Å². The van der Waals surface area contributed by atoms with Crippen LogP contribution in [-0.4, -0.2) is 42.5 Å². The fourth-order valence-electron chi connectivity index (χ4n) is 4.49. The molecular formula is C26H28N2O6. The van der Waals surface area contributed by atoms with Crippen molar-refractivity contribution in [3.05, 3.63) is 98.4 Å². The van der Waals surface area contributed by atoms with Crippen LogP contribution < -0.4 is 0 Å². The van der Waals surface area contributed by atoms with Crippen molar-refractivity contribution in [3.63, 3.8) is 0 Å². The number of nitrogens with zero attached hydrogens (tertiary/aromatic N) is 2. The first-order valence-corrected chi connectivity index (χ1v) is 10.9. The molecule has 1 aliphatic rings. The first-order chi connectivity index (χ1) is 16.3. The van der Waals surface area contributed by atoms with Gasteiger partial charge in [0.2, 0.25) is 0 Å². The maximum atomic E-state index is 13.0. The standard InChI is InChI=1S/C26H28N2O6/c1-17-22(25(29)33-3)24(20-14-8-9-15-21(20)28(31)32)23(26(30)34-4)18(2)27(17)16-10-13-19-11-6-5-7-12-19/h5-9,11-12,14-15,24H,10,13,16H2,1-4H3. The van der Waals surface area contributed by atoms with Crippen LogP contribution >= 0.6 is 0 Å². The van der Waals surface area contributed by atoms with Crippen molar-refractivity contribution in [2.75, 3.05) is 20.8 Å². The van der Waals surface area contributed by atoms with Crippen molar-refractivity contribution in [2.24, 2.45) is 0 Å². The summed E-state index contributed by atoms with van der Waals surface area (Å²) in [4.78, 5) is 39.2. The number of rotatable bonds is 8. The van der Waals surface area contributed by atoms with Gasteiger partial charge >= 0.3 is 11.9 Å². The zero-order valence-electron chi connectivity index (χ0n) is 19.7. The summed E-state index contributed by atoms with van der Waals surface area (Å²) >= 11 is 0. The zero-order valence-corrected chi connectivity index (χ0v) is 19.7. The number of carbonyl (C=O) groups excluding carboxylic acids is 2. The van der Waals surface area contributed by atoms with Gasteiger partial charge in [-0.3, -0.25) is 10.1 Å². The molecule has 1 aliphatic heterocycles. The second kappa shape index (κ2) is 10.8. The van der Waals surface area contributed by atoms with Crippen LogP contribution in [0.5, 0.6) is 0 Å². The van der Waals surface area contributed by atoms with Gasteiger partial charge in [0, 0.05) is 29.6 Å². The first-order valence-electron chi connectivity index (χ1n) is 10.9. The third-order valence-corrected chi connectivity index (χ3v) is 6.11. The number of hydrogen-bond acceptors (Lipinski definition) is 7. The van der Waals surface area contributed by atoms with Gasteiger partial charge in [-0.2, -0.15) is 0 Å². The number of allylic oxidation sites excluding steroid dienone is 2. The van der Waals surface area contributed by atoms with Crippen molar-refractivity contribution in [2.45, 2.75) is 32.6 Å². The summed E-state index contributed by atoms with van der Waals surface area (Å²) in [7, 11) is 2.50. The molecule has 0 aromatic heterocycles. The Labute approximate surface area is 198 Å². The van der Waals surface area contributed by atoms with Crippen molar-refractivity contribution in [1.82, 2.24) is 4.90 Å². The van der Waals surface area contributed by atoms with E-state index in [2.05, 4.69) is 0 Å². The van der Waals surface area contributed by atoms with Gasteiger partial charge in [0.15, 0.2) is 0 Å². The van der Waals surface area contributed by atoms with E-state index in [0.29, 0.717) is 17.9 Å². The molecule has 8 heteroatoms. The molecule has 0 bridgehead atoms. The van der Waals surface area contributed by atoms with E-state index in [9.17, 15) is 19.7 Å². The highest BCUT2D eigenvalue weighted by molar-refractivity contribution is 6.00. The Morgan fingerprint density at radius 2 is 1.44 bits per heavy atom. The minimum atomic E-state index is -0.994. The van der Waals surface area contributed by atoms with E-state index in [4.69, 9.17) is 9.47 Å². The van der Waals surface area contributed by atoms with E-state index < -0.39 is 22.8 Å². The summed E-state index contributed by atoms with van der Waals surface area (Å²) < 4.78 is 10.1.